The third-order valence-electron chi connectivity index (χ3n) is 4.71. The second-order valence-electron chi connectivity index (χ2n) is 7.70. The van der Waals surface area contributed by atoms with Crippen molar-refractivity contribution in [3.05, 3.63) is 29.1 Å². The van der Waals surface area contributed by atoms with Gasteiger partial charge in [-0.15, -0.1) is 10.2 Å². The summed E-state index contributed by atoms with van der Waals surface area (Å²) < 4.78 is 64.2. The van der Waals surface area contributed by atoms with Crippen LogP contribution in [0.4, 0.5) is 36.2 Å². The van der Waals surface area contributed by atoms with Crippen LogP contribution < -0.4 is 9.62 Å². The summed E-state index contributed by atoms with van der Waals surface area (Å²) in [4.78, 5) is 8.20. The molecule has 0 saturated carbocycles. The number of aromatic amines is 1. The fourth-order valence-corrected chi connectivity index (χ4v) is 3.93. The van der Waals surface area contributed by atoms with Crippen molar-refractivity contribution in [1.29, 1.82) is 10.5 Å². The quantitative estimate of drug-likeness (QED) is 0.590. The topological polar surface area (TPSA) is 150 Å². The molecule has 0 bridgehead atoms. The Balaban J connectivity index is 2.09. The summed E-state index contributed by atoms with van der Waals surface area (Å²) >= 11 is 0. The van der Waals surface area contributed by atoms with Gasteiger partial charge in [-0.2, -0.15) is 37.1 Å². The number of rotatable bonds is 6. The Morgan fingerprint density at radius 3 is 2.58 bits per heavy atom. The highest BCUT2D eigenvalue weighted by Gasteiger charge is 2.46. The third kappa shape index (κ3) is 5.23. The highest BCUT2D eigenvalue weighted by molar-refractivity contribution is 7.93. The van der Waals surface area contributed by atoms with E-state index in [0.717, 1.165) is 12.0 Å². The molecular formula is C19H19F3N8O2S. The molecule has 14 heteroatoms. The lowest BCUT2D eigenvalue weighted by Gasteiger charge is -2.33. The number of nitriles is 2. The average molecular weight is 480 g/mol. The van der Waals surface area contributed by atoms with Crippen molar-refractivity contribution in [2.45, 2.75) is 32.2 Å². The maximum atomic E-state index is 13.0. The van der Waals surface area contributed by atoms with Gasteiger partial charge in [-0.05, 0) is 36.5 Å². The van der Waals surface area contributed by atoms with Gasteiger partial charge in [-0.3, -0.25) is 4.72 Å². The van der Waals surface area contributed by atoms with Crippen LogP contribution in [0.5, 0.6) is 0 Å². The molecule has 10 nitrogen and oxygen atoms in total. The number of hydrogen-bond acceptors (Lipinski definition) is 8. The van der Waals surface area contributed by atoms with E-state index in [-0.39, 0.29) is 28.9 Å². The molecule has 174 valence electrons. The number of imidazole rings is 1. The molecule has 0 spiro atoms. The number of aryl methyl sites for hydroxylation is 1. The predicted molar refractivity (Wildman–Crippen MR) is 113 cm³/mol. The number of anilines is 2. The molecule has 0 atom stereocenters. The van der Waals surface area contributed by atoms with Gasteiger partial charge in [0, 0.05) is 18.8 Å². The first-order chi connectivity index (χ1) is 15.4. The highest BCUT2D eigenvalue weighted by Crippen LogP contribution is 2.39. The smallest absolute Gasteiger partial charge is 0.371 e. The number of nitrogens with one attached hydrogen (secondary N) is 2. The van der Waals surface area contributed by atoms with E-state index >= 15 is 0 Å². The monoisotopic (exact) mass is 480 g/mol. The molecule has 0 fully saturated rings. The van der Waals surface area contributed by atoms with E-state index in [1.807, 2.05) is 18.7 Å². The lowest BCUT2D eigenvalue weighted by atomic mass is 9.99. The first kappa shape index (κ1) is 24.0. The number of benzene rings is 1. The molecular weight excluding hydrogens is 461 g/mol. The number of H-pyrrole nitrogens is 1. The van der Waals surface area contributed by atoms with Gasteiger partial charge in [0.2, 0.25) is 5.95 Å². The average Bonchev–Trinajstić information content (AvgIpc) is 3.13. The molecule has 0 amide bonds. The summed E-state index contributed by atoms with van der Waals surface area (Å²) in [5, 5.41) is 25.6. The van der Waals surface area contributed by atoms with E-state index in [9.17, 15) is 21.6 Å². The molecule has 1 aromatic carbocycles. The Morgan fingerprint density at radius 2 is 2.00 bits per heavy atom. The summed E-state index contributed by atoms with van der Waals surface area (Å²) in [5.41, 5.74) is -5.08. The van der Waals surface area contributed by atoms with Crippen molar-refractivity contribution in [1.82, 2.24) is 9.97 Å². The van der Waals surface area contributed by atoms with Crippen molar-refractivity contribution in [3.63, 3.8) is 0 Å². The fraction of sp³-hybridized carbons (Fsp3) is 0.421. The number of halogens is 3. The van der Waals surface area contributed by atoms with E-state index in [2.05, 4.69) is 20.2 Å². The normalized spacial score (nSPS) is 14.2. The number of fused-ring (bicyclic) bond motifs is 1. The van der Waals surface area contributed by atoms with Crippen LogP contribution in [0.3, 0.4) is 0 Å². The molecule has 1 aromatic heterocycles. The summed E-state index contributed by atoms with van der Waals surface area (Å²) in [6.45, 7) is 5.31. The van der Waals surface area contributed by atoms with E-state index in [1.165, 1.54) is 12.1 Å². The second kappa shape index (κ2) is 9.07. The van der Waals surface area contributed by atoms with E-state index in [0.29, 0.717) is 25.2 Å². The standard InChI is InChI=1S/C19H19F3N8O2S/c1-11(2)10-30-5-3-4-12-6-13(27-28-18-25-15(8-23)16(9-24)26-18)14(7-17(12)30)29-33(31,32)19(20,21)22/h6-7,11,29H,3-5,10H2,1-2H3,(H,25,26). The zero-order chi connectivity index (χ0) is 24.4. The van der Waals surface area contributed by atoms with Crippen LogP contribution in [0.2, 0.25) is 0 Å². The first-order valence-electron chi connectivity index (χ1n) is 9.78. The molecule has 33 heavy (non-hydrogen) atoms. The molecule has 3 rings (SSSR count). The van der Waals surface area contributed by atoms with Gasteiger partial charge >= 0.3 is 15.5 Å². The van der Waals surface area contributed by atoms with Crippen LogP contribution >= 0.6 is 0 Å². The summed E-state index contributed by atoms with van der Waals surface area (Å²) in [6.07, 6.45) is 1.43. The lowest BCUT2D eigenvalue weighted by molar-refractivity contribution is -0.0429. The molecule has 2 heterocycles. The molecule has 0 aliphatic carbocycles. The summed E-state index contributed by atoms with van der Waals surface area (Å²) in [5.74, 6) is 0.0418. The van der Waals surface area contributed by atoms with Crippen molar-refractivity contribution >= 4 is 33.0 Å². The number of hydrogen-bond donors (Lipinski definition) is 2. The van der Waals surface area contributed by atoms with E-state index in [1.54, 1.807) is 16.9 Å². The second-order valence-corrected chi connectivity index (χ2v) is 9.37. The number of nitrogens with zero attached hydrogens (tertiary/aromatic N) is 6. The first-order valence-corrected chi connectivity index (χ1v) is 11.3. The summed E-state index contributed by atoms with van der Waals surface area (Å²) in [6, 6.07) is 6.21. The van der Waals surface area contributed by atoms with Crippen LogP contribution in [0.25, 0.3) is 0 Å². The zero-order valence-electron chi connectivity index (χ0n) is 17.6. The maximum Gasteiger partial charge on any atom is 0.516 e. The molecule has 2 aromatic rings. The zero-order valence-corrected chi connectivity index (χ0v) is 18.4. The van der Waals surface area contributed by atoms with E-state index < -0.39 is 21.2 Å². The van der Waals surface area contributed by atoms with Crippen LogP contribution in [-0.4, -0.2) is 37.0 Å². The van der Waals surface area contributed by atoms with Gasteiger partial charge < -0.3 is 9.88 Å². The molecule has 0 unspecified atom stereocenters. The number of sulfonamides is 1. The Bertz CT molecular complexity index is 1240. The van der Waals surface area contributed by atoms with Gasteiger partial charge in [-0.1, -0.05) is 13.8 Å². The molecule has 1 aliphatic heterocycles. The lowest BCUT2D eigenvalue weighted by Crippen LogP contribution is -2.33. The van der Waals surface area contributed by atoms with Crippen molar-refractivity contribution in [2.75, 3.05) is 22.7 Å². The van der Waals surface area contributed by atoms with Crippen molar-refractivity contribution in [3.8, 4) is 12.1 Å². The molecule has 0 saturated heterocycles. The van der Waals surface area contributed by atoms with Gasteiger partial charge in [0.15, 0.2) is 11.4 Å². The van der Waals surface area contributed by atoms with Gasteiger partial charge in [0.1, 0.15) is 17.8 Å². The molecule has 2 N–H and O–H groups in total. The maximum absolute atomic E-state index is 13.0. The van der Waals surface area contributed by atoms with Crippen LogP contribution in [0.15, 0.2) is 22.4 Å². The number of alkyl halides is 3. The third-order valence-corrected chi connectivity index (χ3v) is 5.81. The minimum atomic E-state index is -5.71. The SMILES string of the molecule is CC(C)CN1CCCc2cc(N=Nc3nc(C#N)c(C#N)[nH]3)c(NS(=O)(=O)C(F)(F)F)cc21. The number of azo groups is 1. The number of aromatic nitrogens is 2. The van der Waals surface area contributed by atoms with Crippen molar-refractivity contribution < 1.29 is 21.6 Å². The molecule has 1 aliphatic rings. The summed E-state index contributed by atoms with van der Waals surface area (Å²) in [7, 11) is -5.71. The molecule has 0 radical (unpaired) electrons. The fourth-order valence-electron chi connectivity index (χ4n) is 3.36. The Labute approximate surface area is 187 Å². The largest absolute Gasteiger partial charge is 0.516 e. The van der Waals surface area contributed by atoms with Crippen LogP contribution in [0, 0.1) is 28.6 Å². The highest BCUT2D eigenvalue weighted by atomic mass is 32.2. The van der Waals surface area contributed by atoms with Gasteiger partial charge in [-0.25, -0.2) is 0 Å². The predicted octanol–water partition coefficient (Wildman–Crippen LogP) is 4.24. The van der Waals surface area contributed by atoms with Gasteiger partial charge in [0.25, 0.3) is 0 Å². The Hall–Kier alpha value is -3.65. The van der Waals surface area contributed by atoms with Crippen molar-refractivity contribution in [2.24, 2.45) is 16.1 Å². The van der Waals surface area contributed by atoms with E-state index in [4.69, 9.17) is 10.5 Å². The van der Waals surface area contributed by atoms with Crippen LogP contribution in [-0.2, 0) is 16.4 Å². The Morgan fingerprint density at radius 1 is 1.27 bits per heavy atom. The van der Waals surface area contributed by atoms with Gasteiger partial charge in [0.05, 0.1) is 5.69 Å². The Kier molecular flexibility index (Phi) is 6.60. The minimum absolute atomic E-state index is 0.154. The minimum Gasteiger partial charge on any atom is -0.371 e. The van der Waals surface area contributed by atoms with Crippen LogP contribution in [0.1, 0.15) is 37.2 Å².